The molecular weight excluding hydrogens is 528 g/mol. The molecule has 7 aliphatic rings. The van der Waals surface area contributed by atoms with Gasteiger partial charge in [0.05, 0.1) is 0 Å². The van der Waals surface area contributed by atoms with E-state index < -0.39 is 0 Å². The molecule has 0 aromatic rings. The van der Waals surface area contributed by atoms with E-state index in [4.69, 9.17) is 0 Å². The second kappa shape index (κ2) is 14.2. The van der Waals surface area contributed by atoms with Crippen LogP contribution in [0.2, 0.25) is 0 Å². The molecule has 0 N–H and O–H groups in total. The molecule has 0 amide bonds. The largest absolute Gasteiger partial charge is 0.0651 e. The van der Waals surface area contributed by atoms with Crippen LogP contribution in [0.15, 0.2) is 0 Å². The molecule has 0 radical (unpaired) electrons. The van der Waals surface area contributed by atoms with Crippen LogP contribution >= 0.6 is 0 Å². The van der Waals surface area contributed by atoms with Gasteiger partial charge in [0, 0.05) is 0 Å². The fraction of sp³-hybridized carbons (Fsp3) is 1.00. The molecule has 16 unspecified atom stereocenters. The number of hydrogen-bond donors (Lipinski definition) is 0. The van der Waals surface area contributed by atoms with Crippen LogP contribution in [0.5, 0.6) is 0 Å². The molecule has 0 heteroatoms. The minimum atomic E-state index is 0.891. The van der Waals surface area contributed by atoms with Gasteiger partial charge in [-0.2, -0.15) is 0 Å². The molecule has 0 spiro atoms. The lowest BCUT2D eigenvalue weighted by atomic mass is 9.47. The van der Waals surface area contributed by atoms with Crippen molar-refractivity contribution in [2.75, 3.05) is 0 Å². The first-order valence-electron chi connectivity index (χ1n) is 21.5. The molecule has 0 saturated heterocycles. The zero-order valence-electron chi connectivity index (χ0n) is 30.4. The Labute approximate surface area is 275 Å². The van der Waals surface area contributed by atoms with E-state index in [-0.39, 0.29) is 0 Å². The Hall–Kier alpha value is 0. The van der Waals surface area contributed by atoms with Gasteiger partial charge in [0.25, 0.3) is 0 Å². The van der Waals surface area contributed by atoms with Crippen molar-refractivity contribution in [3.63, 3.8) is 0 Å². The molecule has 16 atom stereocenters. The molecule has 0 bridgehead atoms. The molecule has 252 valence electrons. The minimum absolute atomic E-state index is 0.891. The average Bonchev–Trinajstić information content (AvgIpc) is 3.71. The van der Waals surface area contributed by atoms with Gasteiger partial charge in [0.1, 0.15) is 0 Å². The first kappa shape index (κ1) is 32.5. The molecule has 7 fully saturated rings. The summed E-state index contributed by atoms with van der Waals surface area (Å²) in [4.78, 5) is 0. The maximum absolute atomic E-state index is 2.72. The maximum atomic E-state index is 2.72. The third-order valence-corrected chi connectivity index (χ3v) is 17.5. The summed E-state index contributed by atoms with van der Waals surface area (Å²) in [5.41, 5.74) is 0. The van der Waals surface area contributed by atoms with Gasteiger partial charge in [0.2, 0.25) is 0 Å². The van der Waals surface area contributed by atoms with Crippen LogP contribution in [-0.2, 0) is 0 Å². The Morgan fingerprint density at radius 1 is 0.500 bits per heavy atom. The second-order valence-corrected chi connectivity index (χ2v) is 19.4. The van der Waals surface area contributed by atoms with Crippen LogP contribution < -0.4 is 0 Å². The van der Waals surface area contributed by atoms with Crippen molar-refractivity contribution in [1.82, 2.24) is 0 Å². The van der Waals surface area contributed by atoms with E-state index in [0.29, 0.717) is 0 Å². The Kier molecular flexibility index (Phi) is 10.5. The monoisotopic (exact) mass is 605 g/mol. The van der Waals surface area contributed by atoms with Crippen molar-refractivity contribution in [1.29, 1.82) is 0 Å². The van der Waals surface area contributed by atoms with Gasteiger partial charge in [-0.1, -0.05) is 125 Å². The summed E-state index contributed by atoms with van der Waals surface area (Å²) >= 11 is 0. The lowest BCUT2D eigenvalue weighted by Crippen LogP contribution is -2.52. The molecule has 7 rings (SSSR count). The van der Waals surface area contributed by atoms with Crippen LogP contribution in [-0.4, -0.2) is 0 Å². The predicted molar refractivity (Wildman–Crippen MR) is 189 cm³/mol. The van der Waals surface area contributed by atoms with E-state index in [2.05, 4.69) is 34.6 Å². The zero-order chi connectivity index (χ0) is 30.4. The normalized spacial score (nSPS) is 50.7. The fourth-order valence-corrected chi connectivity index (χ4v) is 16.0. The molecule has 0 aromatic heterocycles. The molecule has 0 aliphatic heterocycles. The van der Waals surface area contributed by atoms with Crippen LogP contribution in [0.3, 0.4) is 0 Å². The van der Waals surface area contributed by atoms with Crippen molar-refractivity contribution in [2.45, 2.75) is 176 Å². The molecule has 0 heterocycles. The quantitative estimate of drug-likeness (QED) is 0.271. The molecule has 44 heavy (non-hydrogen) atoms. The summed E-state index contributed by atoms with van der Waals surface area (Å²) < 4.78 is 0. The first-order chi connectivity index (χ1) is 21.5. The Morgan fingerprint density at radius 2 is 1.02 bits per heavy atom. The van der Waals surface area contributed by atoms with Crippen molar-refractivity contribution < 1.29 is 0 Å². The predicted octanol–water partition coefficient (Wildman–Crippen LogP) is 13.2. The van der Waals surface area contributed by atoms with E-state index in [9.17, 15) is 0 Å². The second-order valence-electron chi connectivity index (χ2n) is 19.4. The summed E-state index contributed by atoms with van der Waals surface area (Å²) in [6.07, 6.45) is 34.7. The van der Waals surface area contributed by atoms with Crippen LogP contribution in [0, 0.1) is 101 Å². The van der Waals surface area contributed by atoms with Gasteiger partial charge in [0.15, 0.2) is 0 Å². The third kappa shape index (κ3) is 6.17. The smallest absolute Gasteiger partial charge is 0.0323 e. The topological polar surface area (TPSA) is 0 Å². The van der Waals surface area contributed by atoms with E-state index >= 15 is 0 Å². The first-order valence-corrected chi connectivity index (χ1v) is 21.5. The third-order valence-electron chi connectivity index (χ3n) is 17.5. The van der Waals surface area contributed by atoms with Crippen LogP contribution in [0.1, 0.15) is 176 Å². The van der Waals surface area contributed by atoms with Gasteiger partial charge < -0.3 is 0 Å². The van der Waals surface area contributed by atoms with Crippen molar-refractivity contribution in [3.8, 4) is 0 Å². The fourth-order valence-electron chi connectivity index (χ4n) is 16.0. The molecule has 0 nitrogen and oxygen atoms in total. The highest BCUT2D eigenvalue weighted by molar-refractivity contribution is 5.05. The van der Waals surface area contributed by atoms with E-state index in [1.165, 1.54) is 32.1 Å². The highest BCUT2D eigenvalue weighted by Crippen LogP contribution is 2.64. The van der Waals surface area contributed by atoms with Gasteiger partial charge in [-0.05, 0) is 152 Å². The zero-order valence-corrected chi connectivity index (χ0v) is 30.4. The molecular formula is C44H76. The average molecular weight is 605 g/mol. The summed E-state index contributed by atoms with van der Waals surface area (Å²) in [5, 5.41) is 0. The number of fused-ring (bicyclic) bond motifs is 2. The Balaban J connectivity index is 1.10. The summed E-state index contributed by atoms with van der Waals surface area (Å²) in [7, 11) is 0. The van der Waals surface area contributed by atoms with Gasteiger partial charge in [-0.25, -0.2) is 0 Å². The van der Waals surface area contributed by atoms with Crippen molar-refractivity contribution in [3.05, 3.63) is 0 Å². The highest BCUT2D eigenvalue weighted by Gasteiger charge is 2.56. The van der Waals surface area contributed by atoms with Gasteiger partial charge >= 0.3 is 0 Å². The van der Waals surface area contributed by atoms with E-state index in [1.54, 1.807) is 109 Å². The van der Waals surface area contributed by atoms with Gasteiger partial charge in [-0.15, -0.1) is 0 Å². The lowest BCUT2D eigenvalue weighted by Gasteiger charge is -2.58. The van der Waals surface area contributed by atoms with Crippen molar-refractivity contribution >= 4 is 0 Å². The Morgan fingerprint density at radius 3 is 1.64 bits per heavy atom. The Bertz CT molecular complexity index is 902. The lowest BCUT2D eigenvalue weighted by molar-refractivity contribution is -0.0978. The summed E-state index contributed by atoms with van der Waals surface area (Å²) in [5.74, 6) is 18.0. The molecule has 7 saturated carbocycles. The molecule has 0 aromatic carbocycles. The van der Waals surface area contributed by atoms with Crippen molar-refractivity contribution in [2.24, 2.45) is 101 Å². The van der Waals surface area contributed by atoms with Gasteiger partial charge in [-0.3, -0.25) is 0 Å². The molecule has 7 aliphatic carbocycles. The summed E-state index contributed by atoms with van der Waals surface area (Å²) in [6.45, 7) is 13.0. The number of rotatable bonds is 7. The summed E-state index contributed by atoms with van der Waals surface area (Å²) in [6, 6.07) is 0. The SMILES string of the molecule is CCC1CCCC(C2CCCC(C3C4CCCCC4C(C4CCCC(C(C)C5CCCC5C)C4)C4CCCC43)C2)C1C(C)C. The number of hydrogen-bond acceptors (Lipinski definition) is 0. The highest BCUT2D eigenvalue weighted by atomic mass is 14.6. The maximum Gasteiger partial charge on any atom is -0.0323 e. The van der Waals surface area contributed by atoms with E-state index in [0.717, 1.165) is 101 Å². The van der Waals surface area contributed by atoms with Crippen LogP contribution in [0.4, 0.5) is 0 Å². The van der Waals surface area contributed by atoms with E-state index in [1.807, 2.05) is 0 Å². The van der Waals surface area contributed by atoms with Crippen LogP contribution in [0.25, 0.3) is 0 Å². The standard InChI is InChI=1S/C44H76/c1-6-31-15-12-23-37(42(31)28(2)3)33-17-11-19-35(27-33)44-39-21-8-7-20-38(39)43(40-24-13-25-41(40)44)34-18-10-16-32(26-34)30(5)36-22-9-14-29(36)4/h28-44H,6-27H2,1-5H3. The minimum Gasteiger partial charge on any atom is -0.0651 e.